The van der Waals surface area contributed by atoms with Gasteiger partial charge in [0.25, 0.3) is 0 Å². The first kappa shape index (κ1) is 21.1. The first-order valence-electron chi connectivity index (χ1n) is 9.67. The number of benzene rings is 1. The van der Waals surface area contributed by atoms with E-state index in [0.29, 0.717) is 22.9 Å². The Morgan fingerprint density at radius 3 is 2.79 bits per heavy atom. The lowest BCUT2D eigenvalue weighted by atomic mass is 10.1. The van der Waals surface area contributed by atoms with E-state index in [0.717, 1.165) is 28.3 Å². The Morgan fingerprint density at radius 2 is 2.07 bits per heavy atom. The zero-order valence-electron chi connectivity index (χ0n) is 16.7. The van der Waals surface area contributed by atoms with Crippen LogP contribution in [0.25, 0.3) is 22.2 Å². The average Bonchev–Trinajstić information content (AvgIpc) is 3.44. The summed E-state index contributed by atoms with van der Waals surface area (Å²) in [6.45, 7) is 2.87. The Balaban J connectivity index is 1.75. The summed E-state index contributed by atoms with van der Waals surface area (Å²) in [5.41, 5.74) is 2.32. The minimum Gasteiger partial charge on any atom is -0.493 e. The van der Waals surface area contributed by atoms with E-state index in [4.69, 9.17) is 9.47 Å². The molecule has 4 nitrogen and oxygen atoms in total. The highest BCUT2D eigenvalue weighted by Crippen LogP contribution is 2.32. The van der Waals surface area contributed by atoms with Gasteiger partial charge < -0.3 is 9.47 Å². The third-order valence-electron chi connectivity index (χ3n) is 4.38. The molecule has 0 amide bonds. The summed E-state index contributed by atoms with van der Waals surface area (Å²) in [7, 11) is 1.63. The Bertz CT molecular complexity index is 985. The molecule has 2 heterocycles. The van der Waals surface area contributed by atoms with Crippen molar-refractivity contribution in [3.63, 3.8) is 0 Å². The molecule has 2 aromatic heterocycles. The largest absolute Gasteiger partial charge is 0.493 e. The van der Waals surface area contributed by atoms with Crippen molar-refractivity contribution >= 4 is 34.3 Å². The van der Waals surface area contributed by atoms with Gasteiger partial charge in [0.2, 0.25) is 0 Å². The van der Waals surface area contributed by atoms with Crippen molar-refractivity contribution in [1.29, 1.82) is 5.26 Å². The Labute approximate surface area is 180 Å². The van der Waals surface area contributed by atoms with Gasteiger partial charge in [-0.15, -0.1) is 22.7 Å². The number of hydrogen-bond donors (Lipinski definition) is 0. The van der Waals surface area contributed by atoms with Gasteiger partial charge in [-0.05, 0) is 41.6 Å². The van der Waals surface area contributed by atoms with Gasteiger partial charge in [0.05, 0.1) is 29.9 Å². The SMILES string of the molecule is CCCCCCOc1ccc(/C=C(/C#N)c2nc(-c3cccs3)cs2)cc1OC. The number of aromatic nitrogens is 1. The van der Waals surface area contributed by atoms with E-state index in [1.807, 2.05) is 47.2 Å². The van der Waals surface area contributed by atoms with E-state index in [9.17, 15) is 5.26 Å². The molecule has 0 radical (unpaired) electrons. The van der Waals surface area contributed by atoms with Crippen LogP contribution in [0.1, 0.15) is 43.2 Å². The van der Waals surface area contributed by atoms with Crippen molar-refractivity contribution in [2.24, 2.45) is 0 Å². The predicted molar refractivity (Wildman–Crippen MR) is 122 cm³/mol. The quantitative estimate of drug-likeness (QED) is 0.262. The Kier molecular flexibility index (Phi) is 7.85. The van der Waals surface area contributed by atoms with Crippen LogP contribution in [0.15, 0.2) is 41.1 Å². The van der Waals surface area contributed by atoms with Crippen LogP contribution < -0.4 is 9.47 Å². The average molecular weight is 425 g/mol. The van der Waals surface area contributed by atoms with Crippen LogP contribution in [0.4, 0.5) is 0 Å². The van der Waals surface area contributed by atoms with Crippen molar-refractivity contribution in [3.05, 3.63) is 51.7 Å². The molecule has 0 atom stereocenters. The van der Waals surface area contributed by atoms with Gasteiger partial charge >= 0.3 is 0 Å². The fraction of sp³-hybridized carbons (Fsp3) is 0.304. The number of thiazole rings is 1. The molecular formula is C23H24N2O2S2. The molecule has 0 saturated carbocycles. The van der Waals surface area contributed by atoms with Crippen molar-refractivity contribution in [1.82, 2.24) is 4.98 Å². The number of unbranched alkanes of at least 4 members (excludes halogenated alkanes) is 3. The summed E-state index contributed by atoms with van der Waals surface area (Å²) in [6, 6.07) is 12.0. The topological polar surface area (TPSA) is 55.1 Å². The van der Waals surface area contributed by atoms with Crippen molar-refractivity contribution < 1.29 is 9.47 Å². The smallest absolute Gasteiger partial charge is 0.161 e. The summed E-state index contributed by atoms with van der Waals surface area (Å²) in [6.07, 6.45) is 6.48. The molecule has 0 aliphatic carbocycles. The number of methoxy groups -OCH3 is 1. The highest BCUT2D eigenvalue weighted by atomic mass is 32.1. The van der Waals surface area contributed by atoms with E-state index in [-0.39, 0.29) is 0 Å². The van der Waals surface area contributed by atoms with Crippen LogP contribution in [-0.4, -0.2) is 18.7 Å². The number of allylic oxidation sites excluding steroid dienone is 1. The summed E-state index contributed by atoms with van der Waals surface area (Å²) < 4.78 is 11.4. The number of ether oxygens (including phenoxy) is 2. The van der Waals surface area contributed by atoms with E-state index < -0.39 is 0 Å². The molecule has 150 valence electrons. The lowest BCUT2D eigenvalue weighted by Crippen LogP contribution is -1.99. The summed E-state index contributed by atoms with van der Waals surface area (Å²) >= 11 is 3.12. The molecule has 0 N–H and O–H groups in total. The number of nitrogens with zero attached hydrogens (tertiary/aromatic N) is 2. The molecule has 6 heteroatoms. The molecule has 0 fully saturated rings. The molecule has 0 aliphatic heterocycles. The van der Waals surface area contributed by atoms with Gasteiger partial charge in [-0.3, -0.25) is 0 Å². The summed E-state index contributed by atoms with van der Waals surface area (Å²) in [4.78, 5) is 5.73. The number of rotatable bonds is 10. The van der Waals surface area contributed by atoms with Crippen LogP contribution in [-0.2, 0) is 0 Å². The molecule has 0 aliphatic rings. The van der Waals surface area contributed by atoms with Gasteiger partial charge in [0.1, 0.15) is 11.1 Å². The number of nitriles is 1. The van der Waals surface area contributed by atoms with Crippen LogP contribution in [0.3, 0.4) is 0 Å². The molecule has 0 bridgehead atoms. The van der Waals surface area contributed by atoms with Gasteiger partial charge in [0.15, 0.2) is 11.5 Å². The van der Waals surface area contributed by atoms with Crippen LogP contribution in [0.5, 0.6) is 11.5 Å². The van der Waals surface area contributed by atoms with E-state index >= 15 is 0 Å². The number of hydrogen-bond acceptors (Lipinski definition) is 6. The summed E-state index contributed by atoms with van der Waals surface area (Å²) in [5.74, 6) is 1.40. The highest BCUT2D eigenvalue weighted by Gasteiger charge is 2.11. The zero-order chi connectivity index (χ0) is 20.5. The first-order valence-corrected chi connectivity index (χ1v) is 11.4. The van der Waals surface area contributed by atoms with E-state index in [2.05, 4.69) is 18.0 Å². The molecule has 1 aromatic carbocycles. The molecule has 3 aromatic rings. The molecule has 29 heavy (non-hydrogen) atoms. The minimum atomic E-state index is 0.535. The molecule has 0 saturated heterocycles. The fourth-order valence-corrected chi connectivity index (χ4v) is 4.39. The van der Waals surface area contributed by atoms with E-state index in [1.165, 1.54) is 30.6 Å². The van der Waals surface area contributed by atoms with Crippen LogP contribution >= 0.6 is 22.7 Å². The molecule has 0 unspecified atom stereocenters. The van der Waals surface area contributed by atoms with Crippen molar-refractivity contribution in [2.75, 3.05) is 13.7 Å². The maximum Gasteiger partial charge on any atom is 0.161 e. The second kappa shape index (κ2) is 10.8. The van der Waals surface area contributed by atoms with Crippen LogP contribution in [0, 0.1) is 11.3 Å². The third kappa shape index (κ3) is 5.69. The maximum absolute atomic E-state index is 9.64. The van der Waals surface area contributed by atoms with Crippen molar-refractivity contribution in [3.8, 4) is 28.1 Å². The van der Waals surface area contributed by atoms with Gasteiger partial charge in [0, 0.05) is 5.38 Å². The van der Waals surface area contributed by atoms with Gasteiger partial charge in [-0.25, -0.2) is 4.98 Å². The number of thiophene rings is 1. The first-order chi connectivity index (χ1) is 14.2. The molecule has 0 spiro atoms. The highest BCUT2D eigenvalue weighted by molar-refractivity contribution is 7.14. The predicted octanol–water partition coefficient (Wildman–Crippen LogP) is 6.90. The van der Waals surface area contributed by atoms with Crippen molar-refractivity contribution in [2.45, 2.75) is 32.6 Å². The molecular weight excluding hydrogens is 400 g/mol. The fourth-order valence-electron chi connectivity index (χ4n) is 2.85. The lowest BCUT2D eigenvalue weighted by Gasteiger charge is -2.11. The Hall–Kier alpha value is -2.62. The summed E-state index contributed by atoms with van der Waals surface area (Å²) in [5, 5.41) is 14.4. The second-order valence-corrected chi connectivity index (χ2v) is 8.31. The van der Waals surface area contributed by atoms with Gasteiger partial charge in [-0.1, -0.05) is 38.3 Å². The van der Waals surface area contributed by atoms with Crippen LogP contribution in [0.2, 0.25) is 0 Å². The Morgan fingerprint density at radius 1 is 1.17 bits per heavy atom. The minimum absolute atomic E-state index is 0.535. The second-order valence-electron chi connectivity index (χ2n) is 6.50. The van der Waals surface area contributed by atoms with E-state index in [1.54, 1.807) is 18.4 Å². The third-order valence-corrected chi connectivity index (χ3v) is 6.15. The standard InChI is InChI=1S/C23H24N2O2S2/c1-3-4-5-6-11-27-20-10-9-17(14-21(20)26-2)13-18(15-24)23-25-19(16-29-23)22-8-7-12-28-22/h7-10,12-14,16H,3-6,11H2,1-2H3/b18-13-. The lowest BCUT2D eigenvalue weighted by molar-refractivity contribution is 0.285. The normalized spacial score (nSPS) is 11.3. The molecule has 3 rings (SSSR count). The maximum atomic E-state index is 9.64. The monoisotopic (exact) mass is 424 g/mol. The zero-order valence-corrected chi connectivity index (χ0v) is 18.3. The van der Waals surface area contributed by atoms with Gasteiger partial charge in [-0.2, -0.15) is 5.26 Å².